The van der Waals surface area contributed by atoms with Crippen molar-refractivity contribution < 1.29 is 23.9 Å². The lowest BCUT2D eigenvalue weighted by Gasteiger charge is -2.35. The fourth-order valence-corrected chi connectivity index (χ4v) is 4.41. The summed E-state index contributed by atoms with van der Waals surface area (Å²) in [5.41, 5.74) is 0.0309. The number of fused-ring (bicyclic) bond motifs is 3. The van der Waals surface area contributed by atoms with Crippen LogP contribution in [0.2, 0.25) is 0 Å². The topological polar surface area (TPSA) is 69.7 Å². The highest BCUT2D eigenvalue weighted by molar-refractivity contribution is 6.09. The minimum Gasteiger partial charge on any atom is -0.465 e. The van der Waals surface area contributed by atoms with Crippen LogP contribution >= 0.6 is 0 Å². The Morgan fingerprint density at radius 1 is 1.14 bits per heavy atom. The molecule has 3 atom stereocenters. The van der Waals surface area contributed by atoms with Crippen LogP contribution in [0.25, 0.3) is 0 Å². The van der Waals surface area contributed by atoms with E-state index in [4.69, 9.17) is 9.47 Å². The number of hydrogen-bond donors (Lipinski definition) is 0. The molecule has 0 aromatic heterocycles. The highest BCUT2D eigenvalue weighted by Crippen LogP contribution is 2.50. The monoisotopic (exact) mass is 398 g/mol. The first-order valence-corrected chi connectivity index (χ1v) is 10.7. The van der Waals surface area contributed by atoms with Gasteiger partial charge in [-0.25, -0.2) is 0 Å². The maximum absolute atomic E-state index is 13.0. The lowest BCUT2D eigenvalue weighted by Crippen LogP contribution is -2.46. The molecule has 0 amide bonds. The van der Waals surface area contributed by atoms with Crippen LogP contribution in [0.15, 0.2) is 47.5 Å². The molecule has 156 valence electrons. The van der Waals surface area contributed by atoms with Crippen LogP contribution in [-0.2, 0) is 23.9 Å². The van der Waals surface area contributed by atoms with Gasteiger partial charge in [0.1, 0.15) is 17.5 Å². The van der Waals surface area contributed by atoms with Gasteiger partial charge in [-0.1, -0.05) is 45.1 Å². The van der Waals surface area contributed by atoms with E-state index < -0.39 is 23.4 Å². The number of carbonyl (C=O) groups excluding carboxylic acids is 3. The van der Waals surface area contributed by atoms with Gasteiger partial charge in [-0.3, -0.25) is 14.4 Å². The van der Waals surface area contributed by atoms with E-state index in [1.54, 1.807) is 25.3 Å². The number of ketones is 2. The van der Waals surface area contributed by atoms with E-state index in [9.17, 15) is 14.4 Å². The fraction of sp³-hybridized carbons (Fsp3) is 0.542. The Kier molecular flexibility index (Phi) is 6.56. The molecule has 3 rings (SSSR count). The zero-order valence-corrected chi connectivity index (χ0v) is 17.5. The molecule has 3 aliphatic rings. The van der Waals surface area contributed by atoms with Crippen LogP contribution in [0.1, 0.15) is 65.7 Å². The summed E-state index contributed by atoms with van der Waals surface area (Å²) in [4.78, 5) is 38.4. The molecule has 1 fully saturated rings. The van der Waals surface area contributed by atoms with Crippen molar-refractivity contribution in [2.75, 3.05) is 0 Å². The molecule has 0 saturated carbocycles. The van der Waals surface area contributed by atoms with Gasteiger partial charge in [0, 0.05) is 12.0 Å². The molecule has 1 saturated heterocycles. The van der Waals surface area contributed by atoms with Crippen LogP contribution in [0, 0.1) is 11.8 Å². The summed E-state index contributed by atoms with van der Waals surface area (Å²) < 4.78 is 11.2. The van der Waals surface area contributed by atoms with Gasteiger partial charge in [-0.15, -0.1) is 0 Å². The summed E-state index contributed by atoms with van der Waals surface area (Å²) >= 11 is 0. The third kappa shape index (κ3) is 4.14. The van der Waals surface area contributed by atoms with E-state index in [0.717, 1.165) is 19.3 Å². The standard InChI is InChI=1S/C24H30O5/c1-4-6-7-8-9-10-12-19(25)21-22-18-15-28-17(11-5-2)13-16(18)14-20(26)24(22,3)29-23(21)27/h5,11,13-15,21-22H,4,6-10,12H2,1-3H3. The van der Waals surface area contributed by atoms with Gasteiger partial charge in [0.05, 0.1) is 12.2 Å². The first kappa shape index (κ1) is 21.3. The minimum atomic E-state index is -1.34. The summed E-state index contributed by atoms with van der Waals surface area (Å²) in [5, 5.41) is 0. The third-order valence-electron chi connectivity index (χ3n) is 6.01. The second-order valence-corrected chi connectivity index (χ2v) is 8.17. The van der Waals surface area contributed by atoms with Gasteiger partial charge < -0.3 is 9.47 Å². The lowest BCUT2D eigenvalue weighted by atomic mass is 9.67. The third-order valence-corrected chi connectivity index (χ3v) is 6.01. The maximum Gasteiger partial charge on any atom is 0.318 e. The number of unbranched alkanes of at least 4 members (excludes halogenated alkanes) is 5. The molecular weight excluding hydrogens is 368 g/mol. The summed E-state index contributed by atoms with van der Waals surface area (Å²) in [7, 11) is 0. The maximum atomic E-state index is 13.0. The predicted molar refractivity (Wildman–Crippen MR) is 110 cm³/mol. The van der Waals surface area contributed by atoms with E-state index in [1.807, 2.05) is 13.0 Å². The molecule has 0 N–H and O–H groups in total. The molecule has 2 aliphatic heterocycles. The minimum absolute atomic E-state index is 0.141. The van der Waals surface area contributed by atoms with Gasteiger partial charge in [0.25, 0.3) is 0 Å². The van der Waals surface area contributed by atoms with Crippen molar-refractivity contribution in [3.05, 3.63) is 47.5 Å². The van der Waals surface area contributed by atoms with Gasteiger partial charge in [0.15, 0.2) is 11.4 Å². The van der Waals surface area contributed by atoms with Gasteiger partial charge in [0.2, 0.25) is 0 Å². The van der Waals surface area contributed by atoms with Crippen molar-refractivity contribution in [1.29, 1.82) is 0 Å². The van der Waals surface area contributed by atoms with Crippen molar-refractivity contribution in [2.45, 2.75) is 71.3 Å². The largest absolute Gasteiger partial charge is 0.465 e. The average molecular weight is 398 g/mol. The SMILES string of the molecule is CC=CC1=CC2=CC(=O)C3(C)OC(=O)C(C(=O)CCCCCCCC)C3C2=CO1. The first-order chi connectivity index (χ1) is 13.9. The van der Waals surface area contributed by atoms with E-state index in [0.29, 0.717) is 23.3 Å². The van der Waals surface area contributed by atoms with Gasteiger partial charge in [-0.2, -0.15) is 0 Å². The van der Waals surface area contributed by atoms with E-state index in [2.05, 4.69) is 6.92 Å². The number of allylic oxidation sites excluding steroid dienone is 4. The van der Waals surface area contributed by atoms with Crippen molar-refractivity contribution in [1.82, 2.24) is 0 Å². The smallest absolute Gasteiger partial charge is 0.318 e. The molecule has 29 heavy (non-hydrogen) atoms. The second kappa shape index (κ2) is 8.93. The number of Topliss-reactive ketones (excluding diaryl/α,β-unsaturated/α-hetero) is 1. The Bertz CT molecular complexity index is 813. The van der Waals surface area contributed by atoms with Crippen LogP contribution in [0.5, 0.6) is 0 Å². The Hall–Kier alpha value is -2.43. The molecule has 0 spiro atoms. The highest BCUT2D eigenvalue weighted by Gasteiger charge is 2.62. The first-order valence-electron chi connectivity index (χ1n) is 10.7. The molecule has 5 heteroatoms. The number of ether oxygens (including phenoxy) is 2. The Labute approximate surface area is 172 Å². The van der Waals surface area contributed by atoms with E-state index in [1.165, 1.54) is 25.3 Å². The molecule has 0 aromatic carbocycles. The predicted octanol–water partition coefficient (Wildman–Crippen LogP) is 4.74. The summed E-state index contributed by atoms with van der Waals surface area (Å²) in [6.07, 6.45) is 15.2. The Morgan fingerprint density at radius 3 is 2.59 bits per heavy atom. The molecule has 0 bridgehead atoms. The van der Waals surface area contributed by atoms with Crippen LogP contribution in [-0.4, -0.2) is 23.1 Å². The van der Waals surface area contributed by atoms with Gasteiger partial charge in [-0.05, 0) is 44.1 Å². The second-order valence-electron chi connectivity index (χ2n) is 8.17. The van der Waals surface area contributed by atoms with Crippen LogP contribution < -0.4 is 0 Å². The average Bonchev–Trinajstić information content (AvgIpc) is 2.97. The molecule has 3 unspecified atom stereocenters. The summed E-state index contributed by atoms with van der Waals surface area (Å²) in [5.74, 6) is -2.00. The normalized spacial score (nSPS) is 28.2. The van der Waals surface area contributed by atoms with Gasteiger partial charge >= 0.3 is 5.97 Å². The number of hydrogen-bond acceptors (Lipinski definition) is 5. The molecular formula is C24H30O5. The zero-order chi connectivity index (χ0) is 21.0. The Balaban J connectivity index is 1.77. The highest BCUT2D eigenvalue weighted by atomic mass is 16.6. The molecule has 5 nitrogen and oxygen atoms in total. The van der Waals surface area contributed by atoms with Crippen LogP contribution in [0.4, 0.5) is 0 Å². The molecule has 0 aromatic rings. The number of carbonyl (C=O) groups is 3. The van der Waals surface area contributed by atoms with Crippen LogP contribution in [0.3, 0.4) is 0 Å². The summed E-state index contributed by atoms with van der Waals surface area (Å²) in [6, 6.07) is 0. The van der Waals surface area contributed by atoms with Crippen molar-refractivity contribution in [3.63, 3.8) is 0 Å². The number of rotatable bonds is 9. The molecule has 1 aliphatic carbocycles. The fourth-order valence-electron chi connectivity index (χ4n) is 4.41. The summed E-state index contributed by atoms with van der Waals surface area (Å²) in [6.45, 7) is 5.65. The van der Waals surface area contributed by atoms with Crippen molar-refractivity contribution in [3.8, 4) is 0 Å². The molecule has 0 radical (unpaired) electrons. The lowest BCUT2D eigenvalue weighted by molar-refractivity contribution is -0.156. The quantitative estimate of drug-likeness (QED) is 0.319. The Morgan fingerprint density at radius 2 is 1.86 bits per heavy atom. The van der Waals surface area contributed by atoms with E-state index in [-0.39, 0.29) is 11.6 Å². The zero-order valence-electron chi connectivity index (χ0n) is 17.5. The number of esters is 1. The van der Waals surface area contributed by atoms with Crippen molar-refractivity contribution in [2.24, 2.45) is 11.8 Å². The van der Waals surface area contributed by atoms with E-state index >= 15 is 0 Å². The molecule has 2 heterocycles. The van der Waals surface area contributed by atoms with Crippen molar-refractivity contribution >= 4 is 17.5 Å².